The number of sulfonamides is 2. The van der Waals surface area contributed by atoms with Gasteiger partial charge in [0.15, 0.2) is 0 Å². The molecule has 2 fully saturated rings. The number of nitrogens with zero attached hydrogens (tertiary/aromatic N) is 6. The third-order valence-electron chi connectivity index (χ3n) is 12.9. The Morgan fingerprint density at radius 1 is 0.621 bits per heavy atom. The van der Waals surface area contributed by atoms with Gasteiger partial charge in [0.2, 0.25) is 5.91 Å². The van der Waals surface area contributed by atoms with Gasteiger partial charge in [0.25, 0.3) is 20.0 Å². The summed E-state index contributed by atoms with van der Waals surface area (Å²) in [5.41, 5.74) is 10.9. The molecule has 2 aliphatic rings. The van der Waals surface area contributed by atoms with Crippen molar-refractivity contribution in [3.63, 3.8) is 0 Å². The predicted octanol–water partition coefficient (Wildman–Crippen LogP) is 10.5. The number of nitrogens with one attached hydrogen (secondary N) is 1. The number of imidazole rings is 2. The standard InChI is InChI=1S/C28H38N4O3S.C23H30N4O2S/c1-27(2,3)25-30-23-17-21(13-16-24(23)32(25)18-19-9-8-10-19)31(7)36(34,35)22-14-11-20(12-15-22)29-26(33)28(4,5)6;1-23(2,3)22-25-20-14-18(10-13-21(20)27(22)15-16-6-5-7-16)26(4)30(28,29)19-11-8-17(24)9-12-19/h11-17,19H,8-10,18H2,1-7H3,(H,29,33);8-14,16H,5-7,15,24H2,1-4H3. The molecule has 8 rings (SSSR count). The molecule has 2 aromatic heterocycles. The Labute approximate surface area is 391 Å². The van der Waals surface area contributed by atoms with Crippen LogP contribution in [-0.2, 0) is 48.8 Å². The average Bonchev–Trinajstić information content (AvgIpc) is 3.78. The summed E-state index contributed by atoms with van der Waals surface area (Å²) in [7, 11) is -4.34. The van der Waals surface area contributed by atoms with Gasteiger partial charge in [-0.05, 0) is 122 Å². The van der Waals surface area contributed by atoms with E-state index in [-0.39, 0.29) is 26.5 Å². The van der Waals surface area contributed by atoms with Gasteiger partial charge in [0, 0.05) is 54.8 Å². The van der Waals surface area contributed by atoms with E-state index in [1.165, 1.54) is 71.4 Å². The first-order valence-corrected chi connectivity index (χ1v) is 25.9. The van der Waals surface area contributed by atoms with Crippen LogP contribution in [-0.4, -0.2) is 55.9 Å². The Morgan fingerprint density at radius 3 is 1.33 bits per heavy atom. The molecular formula is C51H68N8O5S2. The van der Waals surface area contributed by atoms with E-state index >= 15 is 0 Å². The van der Waals surface area contributed by atoms with Crippen LogP contribution < -0.4 is 19.7 Å². The number of rotatable bonds is 11. The molecule has 0 radical (unpaired) electrons. The van der Waals surface area contributed by atoms with Gasteiger partial charge in [0.1, 0.15) is 11.6 Å². The third kappa shape index (κ3) is 10.1. The van der Waals surface area contributed by atoms with E-state index in [9.17, 15) is 21.6 Å². The fourth-order valence-electron chi connectivity index (χ4n) is 8.27. The molecule has 4 aromatic carbocycles. The van der Waals surface area contributed by atoms with Crippen molar-refractivity contribution >= 4 is 70.8 Å². The Kier molecular flexibility index (Phi) is 13.2. The maximum absolute atomic E-state index is 13.4. The van der Waals surface area contributed by atoms with Crippen LogP contribution in [0.5, 0.6) is 0 Å². The molecule has 0 aliphatic heterocycles. The lowest BCUT2D eigenvalue weighted by atomic mass is 9.85. The number of anilines is 4. The molecule has 0 saturated heterocycles. The fourth-order valence-corrected chi connectivity index (χ4v) is 10.6. The van der Waals surface area contributed by atoms with Gasteiger partial charge < -0.3 is 20.2 Å². The average molecular weight is 937 g/mol. The van der Waals surface area contributed by atoms with Gasteiger partial charge in [-0.3, -0.25) is 13.4 Å². The SMILES string of the molecule is CN(c1ccc2c(c1)nc(C(C)(C)C)n2CC1CCC1)S(=O)(=O)c1ccc(N)cc1.CN(c1ccc2c(c1)nc(C(C)(C)C)n2CC1CCC1)S(=O)(=O)c1ccc(NC(=O)C(C)(C)C)cc1. The maximum Gasteiger partial charge on any atom is 0.264 e. The van der Waals surface area contributed by atoms with Crippen LogP contribution in [0.25, 0.3) is 22.1 Å². The van der Waals surface area contributed by atoms with E-state index < -0.39 is 25.5 Å². The minimum absolute atomic E-state index is 0.0924. The summed E-state index contributed by atoms with van der Waals surface area (Å²) in [5, 5.41) is 2.83. The highest BCUT2D eigenvalue weighted by atomic mass is 32.2. The molecule has 6 aromatic rings. The largest absolute Gasteiger partial charge is 0.399 e. The molecule has 2 saturated carbocycles. The minimum Gasteiger partial charge on any atom is -0.399 e. The molecule has 354 valence electrons. The number of aromatic nitrogens is 4. The maximum atomic E-state index is 13.4. The van der Waals surface area contributed by atoms with Gasteiger partial charge in [0.05, 0.1) is 43.2 Å². The molecule has 0 atom stereocenters. The van der Waals surface area contributed by atoms with Gasteiger partial charge in [-0.25, -0.2) is 26.8 Å². The van der Waals surface area contributed by atoms with E-state index in [1.807, 2.05) is 57.2 Å². The highest BCUT2D eigenvalue weighted by Gasteiger charge is 2.30. The minimum atomic E-state index is -3.79. The summed E-state index contributed by atoms with van der Waals surface area (Å²) in [6.45, 7) is 20.4. The fraction of sp³-hybridized carbons (Fsp3) is 0.471. The predicted molar refractivity (Wildman–Crippen MR) is 268 cm³/mol. The van der Waals surface area contributed by atoms with Crippen LogP contribution in [0.4, 0.5) is 22.7 Å². The second kappa shape index (κ2) is 18.0. The molecule has 0 bridgehead atoms. The number of hydrogen-bond donors (Lipinski definition) is 2. The number of fused-ring (bicyclic) bond motifs is 2. The van der Waals surface area contributed by atoms with E-state index in [0.29, 0.717) is 34.6 Å². The lowest BCUT2D eigenvalue weighted by Crippen LogP contribution is -2.28. The first kappa shape index (κ1) is 48.5. The van der Waals surface area contributed by atoms with Gasteiger partial charge in [-0.2, -0.15) is 0 Å². The summed E-state index contributed by atoms with van der Waals surface area (Å²) in [5.74, 6) is 3.33. The Balaban J connectivity index is 0.000000199. The van der Waals surface area contributed by atoms with Crippen molar-refractivity contribution in [2.24, 2.45) is 17.3 Å². The number of carbonyl (C=O) groups excluding carboxylic acids is 1. The van der Waals surface area contributed by atoms with Crippen LogP contribution in [0.3, 0.4) is 0 Å². The number of nitrogens with two attached hydrogens (primary N) is 1. The van der Waals surface area contributed by atoms with Crippen molar-refractivity contribution in [1.29, 1.82) is 0 Å². The molecule has 0 spiro atoms. The van der Waals surface area contributed by atoms with Crippen molar-refractivity contribution in [1.82, 2.24) is 19.1 Å². The first-order valence-electron chi connectivity index (χ1n) is 23.0. The number of benzene rings is 4. The molecule has 15 heteroatoms. The number of hydrogen-bond acceptors (Lipinski definition) is 8. The van der Waals surface area contributed by atoms with Crippen LogP contribution in [0.15, 0.2) is 94.7 Å². The zero-order valence-corrected chi connectivity index (χ0v) is 42.1. The van der Waals surface area contributed by atoms with Crippen LogP contribution in [0.1, 0.15) is 112 Å². The first-order chi connectivity index (χ1) is 30.7. The van der Waals surface area contributed by atoms with E-state index in [4.69, 9.17) is 15.7 Å². The highest BCUT2D eigenvalue weighted by Crippen LogP contribution is 2.37. The highest BCUT2D eigenvalue weighted by molar-refractivity contribution is 7.93. The van der Waals surface area contributed by atoms with Crippen LogP contribution in [0.2, 0.25) is 0 Å². The van der Waals surface area contributed by atoms with Gasteiger partial charge in [-0.15, -0.1) is 0 Å². The Hall–Kier alpha value is -5.41. The van der Waals surface area contributed by atoms with Crippen LogP contribution >= 0.6 is 0 Å². The number of amides is 1. The van der Waals surface area contributed by atoms with Crippen LogP contribution in [0, 0.1) is 17.3 Å². The smallest absolute Gasteiger partial charge is 0.264 e. The Morgan fingerprint density at radius 2 is 1.00 bits per heavy atom. The summed E-state index contributed by atoms with van der Waals surface area (Å²) in [6.07, 6.45) is 7.63. The zero-order chi connectivity index (χ0) is 48.1. The molecule has 66 heavy (non-hydrogen) atoms. The van der Waals surface area contributed by atoms with E-state index in [2.05, 4.69) is 56.0 Å². The second-order valence-corrected chi connectivity index (χ2v) is 25.2. The van der Waals surface area contributed by atoms with E-state index in [1.54, 1.807) is 38.4 Å². The van der Waals surface area contributed by atoms with E-state index in [0.717, 1.165) is 46.8 Å². The number of carbonyl (C=O) groups is 1. The lowest BCUT2D eigenvalue weighted by molar-refractivity contribution is -0.123. The van der Waals surface area contributed by atoms with Gasteiger partial charge in [-0.1, -0.05) is 75.2 Å². The van der Waals surface area contributed by atoms with Crippen molar-refractivity contribution in [2.75, 3.05) is 33.8 Å². The topological polar surface area (TPSA) is 166 Å². The van der Waals surface area contributed by atoms with Crippen molar-refractivity contribution in [3.8, 4) is 0 Å². The summed E-state index contributed by atoms with van der Waals surface area (Å²) >= 11 is 0. The molecule has 13 nitrogen and oxygen atoms in total. The Bertz CT molecular complexity index is 2950. The second-order valence-electron chi connectivity index (χ2n) is 21.3. The van der Waals surface area contributed by atoms with Crippen molar-refractivity contribution in [3.05, 3.63) is 96.6 Å². The molecule has 2 aliphatic carbocycles. The molecule has 1 amide bonds. The quantitative estimate of drug-likeness (QED) is 0.121. The molecule has 0 unspecified atom stereocenters. The lowest BCUT2D eigenvalue weighted by Gasteiger charge is -2.29. The normalized spacial score (nSPS) is 15.2. The molecular weight excluding hydrogens is 869 g/mol. The monoisotopic (exact) mass is 936 g/mol. The summed E-state index contributed by atoms with van der Waals surface area (Å²) in [4.78, 5) is 22.5. The molecule has 3 N–H and O–H groups in total. The molecule has 2 heterocycles. The third-order valence-corrected chi connectivity index (χ3v) is 16.5. The zero-order valence-electron chi connectivity index (χ0n) is 40.5. The van der Waals surface area contributed by atoms with Crippen molar-refractivity contribution < 1.29 is 21.6 Å². The summed E-state index contributed by atoms with van der Waals surface area (Å²) in [6, 6.07) is 24.0. The number of nitrogen functional groups attached to an aromatic ring is 1. The van der Waals surface area contributed by atoms with Gasteiger partial charge >= 0.3 is 0 Å². The summed E-state index contributed by atoms with van der Waals surface area (Å²) < 4.78 is 60.2. The van der Waals surface area contributed by atoms with Crippen molar-refractivity contribution in [2.45, 2.75) is 135 Å².